The van der Waals surface area contributed by atoms with Crippen LogP contribution in [0, 0.1) is 0 Å². The molecule has 1 aliphatic heterocycles. The third-order valence-corrected chi connectivity index (χ3v) is 7.19. The zero-order valence-electron chi connectivity index (χ0n) is 22.0. The molecule has 0 bridgehead atoms. The Morgan fingerprint density at radius 3 is 2.18 bits per heavy atom. The molecule has 5 aromatic rings. The molecule has 1 aromatic heterocycles. The van der Waals surface area contributed by atoms with Crippen molar-refractivity contribution >= 4 is 11.6 Å². The molecule has 7 heteroatoms. The number of aromatic nitrogens is 3. The van der Waals surface area contributed by atoms with E-state index < -0.39 is 6.04 Å². The first-order chi connectivity index (χ1) is 19.1. The number of carbonyl (C=O) groups excluding carboxylic acids is 1. The van der Waals surface area contributed by atoms with E-state index >= 15 is 0 Å². The van der Waals surface area contributed by atoms with Crippen LogP contribution in [-0.4, -0.2) is 35.1 Å². The summed E-state index contributed by atoms with van der Waals surface area (Å²) in [5.41, 5.74) is 7.29. The van der Waals surface area contributed by atoms with Crippen LogP contribution in [0.1, 0.15) is 29.8 Å². The maximum absolute atomic E-state index is 13.5. The first kappa shape index (κ1) is 24.4. The number of benzene rings is 4. The maximum atomic E-state index is 13.5. The second-order valence-corrected chi connectivity index (χ2v) is 9.43. The van der Waals surface area contributed by atoms with Crippen molar-refractivity contribution in [1.82, 2.24) is 15.0 Å². The van der Waals surface area contributed by atoms with Gasteiger partial charge in [-0.15, -0.1) is 5.10 Å². The van der Waals surface area contributed by atoms with E-state index in [2.05, 4.69) is 22.4 Å². The molecule has 0 fully saturated rings. The lowest BCUT2D eigenvalue weighted by Crippen LogP contribution is -2.36. The van der Waals surface area contributed by atoms with E-state index in [0.29, 0.717) is 18.0 Å². The Morgan fingerprint density at radius 2 is 1.49 bits per heavy atom. The topological polar surface area (TPSA) is 69.5 Å². The molecular formula is C32H28N4O3. The van der Waals surface area contributed by atoms with Crippen LogP contribution in [0.2, 0.25) is 0 Å². The molecule has 0 saturated heterocycles. The molecule has 6 rings (SSSR count). The summed E-state index contributed by atoms with van der Waals surface area (Å²) in [6.45, 7) is 2.04. The Morgan fingerprint density at radius 1 is 0.846 bits per heavy atom. The van der Waals surface area contributed by atoms with Crippen molar-refractivity contribution in [2.24, 2.45) is 0 Å². The summed E-state index contributed by atoms with van der Waals surface area (Å²) < 4.78 is 13.2. The highest BCUT2D eigenvalue weighted by atomic mass is 16.5. The molecule has 4 aromatic carbocycles. The average Bonchev–Trinajstić information content (AvgIpc) is 3.38. The number of nitrogens with zero attached hydrogens (tertiary/aromatic N) is 4. The van der Waals surface area contributed by atoms with Crippen molar-refractivity contribution in [1.29, 1.82) is 0 Å². The standard InChI is InChI=1S/C32H28N4O3/c1-21(37)36(24-14-8-5-9-15-24)31-26-17-11-10-16-25(26)27-19-29(39-3)28(38-2)18-23(27)20-35-32(31)30(33-34-35)22-12-6-4-7-13-22/h4-19,31H,20H2,1-3H3. The van der Waals surface area contributed by atoms with Crippen LogP contribution in [-0.2, 0) is 11.3 Å². The van der Waals surface area contributed by atoms with Crippen LogP contribution in [0.15, 0.2) is 97.1 Å². The van der Waals surface area contributed by atoms with Gasteiger partial charge < -0.3 is 9.47 Å². The second-order valence-electron chi connectivity index (χ2n) is 9.43. The molecule has 0 aliphatic carbocycles. The molecule has 0 radical (unpaired) electrons. The summed E-state index contributed by atoms with van der Waals surface area (Å²) in [5, 5.41) is 9.33. The lowest BCUT2D eigenvalue weighted by Gasteiger charge is -2.35. The Kier molecular flexibility index (Phi) is 6.32. The number of hydrogen-bond donors (Lipinski definition) is 0. The minimum Gasteiger partial charge on any atom is -0.493 e. The quantitative estimate of drug-likeness (QED) is 0.281. The van der Waals surface area contributed by atoms with Gasteiger partial charge in [-0.3, -0.25) is 9.69 Å². The average molecular weight is 517 g/mol. The van der Waals surface area contributed by atoms with Gasteiger partial charge in [0.25, 0.3) is 0 Å². The van der Waals surface area contributed by atoms with E-state index in [4.69, 9.17) is 9.47 Å². The van der Waals surface area contributed by atoms with Crippen LogP contribution in [0.4, 0.5) is 5.69 Å². The van der Waals surface area contributed by atoms with Crippen molar-refractivity contribution in [2.45, 2.75) is 19.5 Å². The first-order valence-corrected chi connectivity index (χ1v) is 12.8. The number of amides is 1. The molecule has 39 heavy (non-hydrogen) atoms. The van der Waals surface area contributed by atoms with Crippen LogP contribution in [0.25, 0.3) is 22.4 Å². The van der Waals surface area contributed by atoms with Gasteiger partial charge in [-0.1, -0.05) is 78.0 Å². The van der Waals surface area contributed by atoms with Gasteiger partial charge in [0.1, 0.15) is 11.7 Å². The molecule has 2 heterocycles. The Balaban J connectivity index is 1.71. The number of rotatable bonds is 5. The number of carbonyl (C=O) groups is 1. The minimum atomic E-state index is -0.493. The number of hydrogen-bond acceptors (Lipinski definition) is 5. The van der Waals surface area contributed by atoms with Gasteiger partial charge in [-0.05, 0) is 46.5 Å². The van der Waals surface area contributed by atoms with E-state index in [1.54, 1.807) is 21.1 Å². The Labute approximate surface area is 227 Å². The van der Waals surface area contributed by atoms with Crippen LogP contribution < -0.4 is 14.4 Å². The van der Waals surface area contributed by atoms with Gasteiger partial charge in [0.05, 0.1) is 26.5 Å². The summed E-state index contributed by atoms with van der Waals surface area (Å²) in [6.07, 6.45) is 0. The van der Waals surface area contributed by atoms with Gasteiger partial charge in [0.15, 0.2) is 11.5 Å². The number of fused-ring (bicyclic) bond motifs is 4. The lowest BCUT2D eigenvalue weighted by atomic mass is 9.86. The molecular weight excluding hydrogens is 488 g/mol. The molecule has 0 spiro atoms. The van der Waals surface area contributed by atoms with Crippen molar-refractivity contribution in [2.75, 3.05) is 19.1 Å². The smallest absolute Gasteiger partial charge is 0.224 e. The van der Waals surface area contributed by atoms with E-state index in [1.165, 1.54) is 0 Å². The summed E-state index contributed by atoms with van der Waals surface area (Å²) in [4.78, 5) is 15.3. The van der Waals surface area contributed by atoms with Crippen LogP contribution in [0.3, 0.4) is 0 Å². The molecule has 1 atom stereocenters. The second kappa shape index (κ2) is 10.1. The molecule has 1 amide bonds. The first-order valence-electron chi connectivity index (χ1n) is 12.8. The highest BCUT2D eigenvalue weighted by molar-refractivity contribution is 5.94. The normalized spacial score (nSPS) is 13.8. The Hall–Kier alpha value is -4.91. The molecule has 1 unspecified atom stereocenters. The highest BCUT2D eigenvalue weighted by Crippen LogP contribution is 2.46. The highest BCUT2D eigenvalue weighted by Gasteiger charge is 2.36. The van der Waals surface area contributed by atoms with Gasteiger partial charge in [0.2, 0.25) is 5.91 Å². The lowest BCUT2D eigenvalue weighted by molar-refractivity contribution is -0.116. The molecule has 0 saturated carbocycles. The summed E-state index contributed by atoms with van der Waals surface area (Å²) in [7, 11) is 3.27. The van der Waals surface area contributed by atoms with E-state index in [0.717, 1.165) is 44.9 Å². The minimum absolute atomic E-state index is 0.0825. The van der Waals surface area contributed by atoms with Gasteiger partial charge in [0, 0.05) is 18.2 Å². The van der Waals surface area contributed by atoms with Gasteiger partial charge in [-0.2, -0.15) is 0 Å². The fourth-order valence-electron chi connectivity index (χ4n) is 5.46. The van der Waals surface area contributed by atoms with Crippen molar-refractivity contribution in [3.8, 4) is 33.9 Å². The third-order valence-electron chi connectivity index (χ3n) is 7.19. The largest absolute Gasteiger partial charge is 0.493 e. The monoisotopic (exact) mass is 516 g/mol. The van der Waals surface area contributed by atoms with Gasteiger partial charge >= 0.3 is 0 Å². The maximum Gasteiger partial charge on any atom is 0.224 e. The fraction of sp³-hybridized carbons (Fsp3) is 0.156. The molecule has 0 N–H and O–H groups in total. The number of para-hydroxylation sites is 1. The number of anilines is 1. The zero-order chi connectivity index (χ0) is 26.9. The molecule has 194 valence electrons. The molecule has 7 nitrogen and oxygen atoms in total. The molecule has 1 aliphatic rings. The van der Waals surface area contributed by atoms with E-state index in [1.807, 2.05) is 94.5 Å². The van der Waals surface area contributed by atoms with Crippen molar-refractivity contribution in [3.05, 3.63) is 114 Å². The van der Waals surface area contributed by atoms with E-state index in [-0.39, 0.29) is 5.91 Å². The van der Waals surface area contributed by atoms with Gasteiger partial charge in [-0.25, -0.2) is 4.68 Å². The summed E-state index contributed by atoms with van der Waals surface area (Å²) >= 11 is 0. The predicted octanol–water partition coefficient (Wildman–Crippen LogP) is 6.13. The van der Waals surface area contributed by atoms with Crippen LogP contribution in [0.5, 0.6) is 11.5 Å². The van der Waals surface area contributed by atoms with Crippen molar-refractivity contribution < 1.29 is 14.3 Å². The third kappa shape index (κ3) is 4.22. The Bertz CT molecular complexity index is 1650. The zero-order valence-corrected chi connectivity index (χ0v) is 22.0. The van der Waals surface area contributed by atoms with Crippen LogP contribution >= 0.6 is 0 Å². The van der Waals surface area contributed by atoms with Crippen molar-refractivity contribution in [3.63, 3.8) is 0 Å². The fourth-order valence-corrected chi connectivity index (χ4v) is 5.46. The summed E-state index contributed by atoms with van der Waals surface area (Å²) in [5.74, 6) is 1.20. The predicted molar refractivity (Wildman–Crippen MR) is 151 cm³/mol. The SMILES string of the molecule is COc1cc2c(cc1OC)-c1ccccc1C(N(C(C)=O)c1ccccc1)c1c(-c3ccccc3)nnn1C2. The van der Waals surface area contributed by atoms with E-state index in [9.17, 15) is 4.79 Å². The number of methoxy groups -OCH3 is 2. The number of ether oxygens (including phenoxy) is 2. The summed E-state index contributed by atoms with van der Waals surface area (Å²) in [6, 6.07) is 31.5.